The number of benzene rings is 6. The molecule has 0 unspecified atom stereocenters. The number of fused-ring (bicyclic) bond motifs is 4. The average molecular weight is 652 g/mol. The van der Waals surface area contributed by atoms with E-state index in [1.54, 1.807) is 0 Å². The number of hydrogen-bond donors (Lipinski definition) is 0. The second kappa shape index (κ2) is 12.9. The number of nitrogens with zero attached hydrogens (tertiary/aromatic N) is 1. The zero-order valence-electron chi connectivity index (χ0n) is 29.8. The minimum atomic E-state index is -0.122. The van der Waals surface area contributed by atoms with E-state index in [9.17, 15) is 0 Å². The second-order valence-electron chi connectivity index (χ2n) is 15.8. The Morgan fingerprint density at radius 1 is 0.460 bits per heavy atom. The summed E-state index contributed by atoms with van der Waals surface area (Å²) < 4.78 is 0. The summed E-state index contributed by atoms with van der Waals surface area (Å²) >= 11 is 0. The maximum absolute atomic E-state index is 2.50. The van der Waals surface area contributed by atoms with Crippen molar-refractivity contribution < 1.29 is 0 Å². The van der Waals surface area contributed by atoms with Crippen molar-refractivity contribution in [3.05, 3.63) is 150 Å². The highest BCUT2D eigenvalue weighted by Gasteiger charge is 2.37. The van der Waals surface area contributed by atoms with Gasteiger partial charge in [0.15, 0.2) is 0 Å². The molecule has 0 radical (unpaired) electrons. The van der Waals surface area contributed by atoms with E-state index >= 15 is 0 Å². The first kappa shape index (κ1) is 31.4. The highest BCUT2D eigenvalue weighted by Crippen LogP contribution is 2.54. The van der Waals surface area contributed by atoms with Crippen LogP contribution in [-0.4, -0.2) is 0 Å². The summed E-state index contributed by atoms with van der Waals surface area (Å²) in [5.41, 5.74) is 14.8. The van der Waals surface area contributed by atoms with Crippen LogP contribution >= 0.6 is 0 Å². The molecule has 0 atom stereocenters. The highest BCUT2D eigenvalue weighted by molar-refractivity contribution is 6.03. The molecule has 0 spiro atoms. The fourth-order valence-electron chi connectivity index (χ4n) is 9.71. The van der Waals surface area contributed by atoms with Gasteiger partial charge in [-0.1, -0.05) is 143 Å². The molecule has 0 saturated heterocycles. The Morgan fingerprint density at radius 2 is 1.00 bits per heavy atom. The van der Waals surface area contributed by atoms with Gasteiger partial charge in [0.05, 0.1) is 0 Å². The summed E-state index contributed by atoms with van der Waals surface area (Å²) in [7, 11) is 0. The average Bonchev–Trinajstić information content (AvgIpc) is 3.41. The van der Waals surface area contributed by atoms with Crippen LogP contribution in [0.2, 0.25) is 0 Å². The molecule has 0 bridgehead atoms. The summed E-state index contributed by atoms with van der Waals surface area (Å²) in [6.07, 6.45) is 13.5. The molecule has 50 heavy (non-hydrogen) atoms. The van der Waals surface area contributed by atoms with Gasteiger partial charge in [-0.2, -0.15) is 0 Å². The molecule has 0 aliphatic heterocycles. The van der Waals surface area contributed by atoms with Gasteiger partial charge in [-0.05, 0) is 129 Å². The molecule has 2 fully saturated rings. The normalized spacial score (nSPS) is 17.4. The smallest absolute Gasteiger partial charge is 0.0465 e. The zero-order chi connectivity index (χ0) is 33.7. The molecule has 0 heterocycles. The Hall–Kier alpha value is -4.62. The molecule has 3 aliphatic rings. The molecule has 9 rings (SSSR count). The van der Waals surface area contributed by atoms with Crippen molar-refractivity contribution in [3.8, 4) is 22.3 Å². The molecule has 250 valence electrons. The van der Waals surface area contributed by atoms with Crippen LogP contribution in [0.4, 0.5) is 17.1 Å². The number of hydrogen-bond acceptors (Lipinski definition) is 1. The monoisotopic (exact) mass is 651 g/mol. The lowest BCUT2D eigenvalue weighted by molar-refractivity contribution is 0.443. The van der Waals surface area contributed by atoms with Crippen LogP contribution in [0, 0.1) is 0 Å². The fraction of sp³-hybridized carbons (Fsp3) is 0.306. The molecular weight excluding hydrogens is 603 g/mol. The van der Waals surface area contributed by atoms with Crippen molar-refractivity contribution >= 4 is 27.8 Å². The van der Waals surface area contributed by atoms with Crippen molar-refractivity contribution in [2.45, 2.75) is 95.3 Å². The van der Waals surface area contributed by atoms with Crippen LogP contribution in [0.15, 0.2) is 127 Å². The summed E-state index contributed by atoms with van der Waals surface area (Å²) in [6.45, 7) is 4.83. The van der Waals surface area contributed by atoms with Gasteiger partial charge in [0.2, 0.25) is 0 Å². The maximum Gasteiger partial charge on any atom is 0.0465 e. The molecule has 6 aromatic rings. The minimum Gasteiger partial charge on any atom is -0.310 e. The lowest BCUT2D eigenvalue weighted by Crippen LogP contribution is -2.16. The topological polar surface area (TPSA) is 3.24 Å². The molecule has 1 nitrogen and oxygen atoms in total. The molecular formula is C49H49N. The number of rotatable bonds is 6. The van der Waals surface area contributed by atoms with E-state index < -0.39 is 0 Å². The van der Waals surface area contributed by atoms with Crippen molar-refractivity contribution in [3.63, 3.8) is 0 Å². The highest BCUT2D eigenvalue weighted by atomic mass is 15.1. The predicted octanol–water partition coefficient (Wildman–Crippen LogP) is 14.4. The van der Waals surface area contributed by atoms with Crippen molar-refractivity contribution in [1.29, 1.82) is 0 Å². The van der Waals surface area contributed by atoms with E-state index in [2.05, 4.69) is 146 Å². The third-order valence-electron chi connectivity index (χ3n) is 12.5. The second-order valence-corrected chi connectivity index (χ2v) is 15.8. The molecule has 0 amide bonds. The van der Waals surface area contributed by atoms with Crippen molar-refractivity contribution in [2.24, 2.45) is 0 Å². The van der Waals surface area contributed by atoms with Crippen LogP contribution in [0.5, 0.6) is 0 Å². The Bertz CT molecular complexity index is 2070. The predicted molar refractivity (Wildman–Crippen MR) is 213 cm³/mol. The third-order valence-corrected chi connectivity index (χ3v) is 12.5. The van der Waals surface area contributed by atoms with Crippen LogP contribution in [-0.2, 0) is 5.41 Å². The molecule has 1 heteroatoms. The van der Waals surface area contributed by atoms with Crippen LogP contribution < -0.4 is 4.90 Å². The van der Waals surface area contributed by atoms with Crippen molar-refractivity contribution in [2.75, 3.05) is 4.90 Å². The van der Waals surface area contributed by atoms with Gasteiger partial charge in [-0.15, -0.1) is 0 Å². The van der Waals surface area contributed by atoms with Crippen LogP contribution in [0.3, 0.4) is 0 Å². The van der Waals surface area contributed by atoms with Crippen molar-refractivity contribution in [1.82, 2.24) is 0 Å². The fourth-order valence-corrected chi connectivity index (χ4v) is 9.71. The number of anilines is 3. The summed E-state index contributed by atoms with van der Waals surface area (Å²) in [6, 6.07) is 48.9. The molecule has 6 aromatic carbocycles. The summed E-state index contributed by atoms with van der Waals surface area (Å²) in [5, 5.41) is 2.60. The minimum absolute atomic E-state index is 0.122. The van der Waals surface area contributed by atoms with E-state index in [1.165, 1.54) is 137 Å². The van der Waals surface area contributed by atoms with Gasteiger partial charge in [0.25, 0.3) is 0 Å². The lowest BCUT2D eigenvalue weighted by atomic mass is 9.81. The lowest BCUT2D eigenvalue weighted by Gasteiger charge is -2.29. The van der Waals surface area contributed by atoms with Gasteiger partial charge >= 0.3 is 0 Å². The van der Waals surface area contributed by atoms with Gasteiger partial charge in [0.1, 0.15) is 0 Å². The van der Waals surface area contributed by atoms with Gasteiger partial charge in [0, 0.05) is 22.5 Å². The van der Waals surface area contributed by atoms with Crippen LogP contribution in [0.25, 0.3) is 33.0 Å². The Labute approximate surface area is 299 Å². The Kier molecular flexibility index (Phi) is 8.11. The molecule has 2 saturated carbocycles. The van der Waals surface area contributed by atoms with E-state index in [-0.39, 0.29) is 5.41 Å². The van der Waals surface area contributed by atoms with Gasteiger partial charge < -0.3 is 4.90 Å². The van der Waals surface area contributed by atoms with Gasteiger partial charge in [-0.3, -0.25) is 0 Å². The van der Waals surface area contributed by atoms with E-state index in [4.69, 9.17) is 0 Å². The SMILES string of the molecule is CC1(C)c2cc(N(c3ccc(C4CCCCC4)cc3)c3ccc(C4CCCCC4)cc3)ccc2-c2c(-c3cccc4ccccc34)cccc21. The Balaban J connectivity index is 1.15. The van der Waals surface area contributed by atoms with Gasteiger partial charge in [-0.25, -0.2) is 0 Å². The first-order chi connectivity index (χ1) is 24.6. The molecule has 3 aliphatic carbocycles. The standard InChI is InChI=1S/C49H49N/c1-49(2)46-22-12-21-44(43-20-11-18-38-17-9-10-19-42(38)43)48(46)45-32-31-41(33-47(45)49)50(39-27-23-36(24-28-39)34-13-5-3-6-14-34)40-29-25-37(26-30-40)35-15-7-4-8-16-35/h9-12,17-35H,3-8,13-16H2,1-2H3. The first-order valence-corrected chi connectivity index (χ1v) is 19.3. The maximum atomic E-state index is 2.50. The largest absolute Gasteiger partial charge is 0.310 e. The van der Waals surface area contributed by atoms with E-state index in [0.29, 0.717) is 11.8 Å². The first-order valence-electron chi connectivity index (χ1n) is 19.3. The van der Waals surface area contributed by atoms with Crippen LogP contribution in [0.1, 0.15) is 112 Å². The molecule has 0 aromatic heterocycles. The summed E-state index contributed by atoms with van der Waals surface area (Å²) in [5.74, 6) is 1.41. The van der Waals surface area contributed by atoms with E-state index in [0.717, 1.165) is 0 Å². The zero-order valence-corrected chi connectivity index (χ0v) is 29.8. The quantitative estimate of drug-likeness (QED) is 0.173. The summed E-state index contributed by atoms with van der Waals surface area (Å²) in [4.78, 5) is 2.50. The Morgan fingerprint density at radius 3 is 1.64 bits per heavy atom. The third kappa shape index (κ3) is 5.47. The molecule has 0 N–H and O–H groups in total. The van der Waals surface area contributed by atoms with E-state index in [1.807, 2.05) is 0 Å².